The first-order chi connectivity index (χ1) is 10.6. The molecule has 1 saturated heterocycles. The molecule has 1 aromatic rings. The highest BCUT2D eigenvalue weighted by Gasteiger charge is 2.54. The van der Waals surface area contributed by atoms with Gasteiger partial charge in [-0.2, -0.15) is 13.2 Å². The fourth-order valence-corrected chi connectivity index (χ4v) is 2.63. The van der Waals surface area contributed by atoms with Crippen molar-refractivity contribution in [2.45, 2.75) is 31.2 Å². The predicted octanol–water partition coefficient (Wildman–Crippen LogP) is 2.28. The number of nitrogens with zero attached hydrogens (tertiary/aromatic N) is 2. The molecule has 1 amide bonds. The number of alkyl halides is 3. The lowest BCUT2D eigenvalue weighted by atomic mass is 9.90. The summed E-state index contributed by atoms with van der Waals surface area (Å²) in [6.07, 6.45) is -5.20. The van der Waals surface area contributed by atoms with Gasteiger partial charge in [0.1, 0.15) is 0 Å². The molecule has 4 nitrogen and oxygen atoms in total. The molecule has 1 N–H and O–H groups in total. The maximum Gasteiger partial charge on any atom is 0.417 e. The Hall–Kier alpha value is -1.60. The van der Waals surface area contributed by atoms with Gasteiger partial charge in [0.2, 0.25) is 0 Å². The maximum absolute atomic E-state index is 12.8. The Morgan fingerprint density at radius 2 is 1.74 bits per heavy atom. The number of benzene rings is 1. The Balaban J connectivity index is 1.93. The number of likely N-dealkylation sites (tertiary alicyclic amines) is 1. The summed E-state index contributed by atoms with van der Waals surface area (Å²) in [5, 5.41) is 9.65. The molecule has 2 rings (SSSR count). The largest absolute Gasteiger partial charge is 0.417 e. The van der Waals surface area contributed by atoms with Crippen molar-refractivity contribution in [3.05, 3.63) is 35.4 Å². The van der Waals surface area contributed by atoms with Gasteiger partial charge in [-0.1, -0.05) is 12.1 Å². The molecular formula is C16H21F3N2O2. The lowest BCUT2D eigenvalue weighted by molar-refractivity contribution is -0.272. The number of rotatable bonds is 3. The van der Waals surface area contributed by atoms with Crippen LogP contribution in [0.5, 0.6) is 0 Å². The van der Waals surface area contributed by atoms with Gasteiger partial charge in [0.15, 0.2) is 5.60 Å². The molecule has 23 heavy (non-hydrogen) atoms. The summed E-state index contributed by atoms with van der Waals surface area (Å²) in [5.74, 6) is -0.0928. The zero-order valence-corrected chi connectivity index (χ0v) is 13.2. The van der Waals surface area contributed by atoms with Crippen LogP contribution in [0.2, 0.25) is 0 Å². The number of hydrogen-bond donors (Lipinski definition) is 1. The molecular weight excluding hydrogens is 309 g/mol. The van der Waals surface area contributed by atoms with Crippen LogP contribution in [0.25, 0.3) is 0 Å². The van der Waals surface area contributed by atoms with Crippen molar-refractivity contribution >= 4 is 5.91 Å². The molecule has 7 heteroatoms. The number of piperidine rings is 1. The number of halogens is 3. The standard InChI is InChI=1S/C16H21F3N2O2/c1-20(2)14(22)13-5-3-12(4-6-13)11-21-9-7-15(23,8-10-21)16(17,18)19/h3-6,23H,7-11H2,1-2H3. The van der Waals surface area contributed by atoms with Crippen LogP contribution in [0.4, 0.5) is 13.2 Å². The molecule has 0 unspecified atom stereocenters. The van der Waals surface area contributed by atoms with Crippen LogP contribution < -0.4 is 0 Å². The highest BCUT2D eigenvalue weighted by Crippen LogP contribution is 2.38. The fraction of sp³-hybridized carbons (Fsp3) is 0.562. The van der Waals surface area contributed by atoms with Gasteiger partial charge in [-0.15, -0.1) is 0 Å². The molecule has 1 heterocycles. The van der Waals surface area contributed by atoms with Crippen LogP contribution in [0.15, 0.2) is 24.3 Å². The van der Waals surface area contributed by atoms with E-state index < -0.39 is 11.8 Å². The Bertz CT molecular complexity index is 547. The average Bonchev–Trinajstić information content (AvgIpc) is 2.48. The minimum Gasteiger partial charge on any atom is -0.380 e. The Morgan fingerprint density at radius 3 is 2.17 bits per heavy atom. The van der Waals surface area contributed by atoms with Crippen molar-refractivity contribution in [1.82, 2.24) is 9.80 Å². The van der Waals surface area contributed by atoms with Gasteiger partial charge < -0.3 is 10.0 Å². The molecule has 0 atom stereocenters. The Labute approximate surface area is 133 Å². The van der Waals surface area contributed by atoms with E-state index >= 15 is 0 Å². The molecule has 0 saturated carbocycles. The van der Waals surface area contributed by atoms with Gasteiger partial charge in [0.05, 0.1) is 0 Å². The molecule has 1 fully saturated rings. The molecule has 128 valence electrons. The average molecular weight is 330 g/mol. The Kier molecular flexibility index (Phi) is 5.01. The topological polar surface area (TPSA) is 43.8 Å². The summed E-state index contributed by atoms with van der Waals surface area (Å²) in [5.41, 5.74) is -1.06. The lowest BCUT2D eigenvalue weighted by Gasteiger charge is -2.39. The van der Waals surface area contributed by atoms with Crippen molar-refractivity contribution in [2.75, 3.05) is 27.2 Å². The zero-order chi connectivity index (χ0) is 17.3. The summed E-state index contributed by atoms with van der Waals surface area (Å²) in [7, 11) is 3.34. The van der Waals surface area contributed by atoms with Crippen LogP contribution >= 0.6 is 0 Å². The van der Waals surface area contributed by atoms with Crippen molar-refractivity contribution in [1.29, 1.82) is 0 Å². The van der Waals surface area contributed by atoms with E-state index in [1.54, 1.807) is 38.4 Å². The maximum atomic E-state index is 12.8. The van der Waals surface area contributed by atoms with E-state index in [4.69, 9.17) is 0 Å². The molecule has 0 aliphatic carbocycles. The molecule has 1 aliphatic heterocycles. The third kappa shape index (κ3) is 4.03. The smallest absolute Gasteiger partial charge is 0.380 e. The quantitative estimate of drug-likeness (QED) is 0.925. The molecule has 1 aliphatic rings. The zero-order valence-electron chi connectivity index (χ0n) is 13.2. The van der Waals surface area contributed by atoms with E-state index in [0.29, 0.717) is 12.1 Å². The monoisotopic (exact) mass is 330 g/mol. The third-order valence-electron chi connectivity index (χ3n) is 4.22. The van der Waals surface area contributed by atoms with Crippen molar-refractivity contribution in [3.63, 3.8) is 0 Å². The van der Waals surface area contributed by atoms with Crippen LogP contribution in [-0.4, -0.2) is 59.8 Å². The molecule has 1 aromatic carbocycles. The van der Waals surface area contributed by atoms with E-state index in [1.807, 2.05) is 4.90 Å². The second-order valence-corrected chi connectivity index (χ2v) is 6.20. The summed E-state index contributed by atoms with van der Waals surface area (Å²) in [4.78, 5) is 15.2. The van der Waals surface area contributed by atoms with E-state index in [2.05, 4.69) is 0 Å². The van der Waals surface area contributed by atoms with Gasteiger partial charge in [-0.25, -0.2) is 0 Å². The van der Waals surface area contributed by atoms with Crippen molar-refractivity contribution < 1.29 is 23.1 Å². The predicted molar refractivity (Wildman–Crippen MR) is 80.0 cm³/mol. The van der Waals surface area contributed by atoms with Gasteiger partial charge in [-0.3, -0.25) is 9.69 Å². The first-order valence-corrected chi connectivity index (χ1v) is 7.44. The molecule has 0 aromatic heterocycles. The lowest BCUT2D eigenvalue weighted by Crippen LogP contribution is -2.53. The number of carbonyl (C=O) groups is 1. The summed E-state index contributed by atoms with van der Waals surface area (Å²) in [6, 6.07) is 7.05. The number of aliphatic hydroxyl groups is 1. The second kappa shape index (κ2) is 6.49. The summed E-state index contributed by atoms with van der Waals surface area (Å²) < 4.78 is 38.3. The van der Waals surface area contributed by atoms with Gasteiger partial charge in [-0.05, 0) is 30.5 Å². The van der Waals surface area contributed by atoms with E-state index in [0.717, 1.165) is 5.56 Å². The second-order valence-electron chi connectivity index (χ2n) is 6.20. The normalized spacial score (nSPS) is 18.7. The molecule has 0 radical (unpaired) electrons. The van der Waals surface area contributed by atoms with Crippen LogP contribution in [0.3, 0.4) is 0 Å². The van der Waals surface area contributed by atoms with Crippen molar-refractivity contribution in [3.8, 4) is 0 Å². The van der Waals surface area contributed by atoms with E-state index in [-0.39, 0.29) is 31.8 Å². The molecule has 0 spiro atoms. The number of carbonyl (C=O) groups excluding carboxylic acids is 1. The van der Waals surface area contributed by atoms with Crippen LogP contribution in [-0.2, 0) is 6.54 Å². The minimum atomic E-state index is -4.58. The van der Waals surface area contributed by atoms with Crippen LogP contribution in [0, 0.1) is 0 Å². The highest BCUT2D eigenvalue weighted by molar-refractivity contribution is 5.93. The fourth-order valence-electron chi connectivity index (χ4n) is 2.63. The van der Waals surface area contributed by atoms with Gasteiger partial charge in [0, 0.05) is 39.3 Å². The van der Waals surface area contributed by atoms with Crippen molar-refractivity contribution in [2.24, 2.45) is 0 Å². The molecule has 0 bridgehead atoms. The number of hydrogen-bond acceptors (Lipinski definition) is 3. The highest BCUT2D eigenvalue weighted by atomic mass is 19.4. The first kappa shape index (κ1) is 17.7. The van der Waals surface area contributed by atoms with E-state index in [9.17, 15) is 23.1 Å². The third-order valence-corrected chi connectivity index (χ3v) is 4.22. The first-order valence-electron chi connectivity index (χ1n) is 7.44. The van der Waals surface area contributed by atoms with Gasteiger partial charge in [0.25, 0.3) is 5.91 Å². The number of amides is 1. The van der Waals surface area contributed by atoms with Gasteiger partial charge >= 0.3 is 6.18 Å². The summed E-state index contributed by atoms with van der Waals surface area (Å²) >= 11 is 0. The Morgan fingerprint density at radius 1 is 1.22 bits per heavy atom. The van der Waals surface area contributed by atoms with E-state index in [1.165, 1.54) is 4.90 Å². The summed E-state index contributed by atoms with van der Waals surface area (Å²) in [6.45, 7) is 0.882. The minimum absolute atomic E-state index is 0.0928. The van der Waals surface area contributed by atoms with Crippen LogP contribution in [0.1, 0.15) is 28.8 Å². The SMILES string of the molecule is CN(C)C(=O)c1ccc(CN2CCC(O)(C(F)(F)F)CC2)cc1.